The van der Waals surface area contributed by atoms with Gasteiger partial charge in [0.05, 0.1) is 24.8 Å². The van der Waals surface area contributed by atoms with E-state index in [1.165, 1.54) is 38.4 Å². The molecule has 0 saturated heterocycles. The third-order valence-electron chi connectivity index (χ3n) is 15.5. The van der Waals surface area contributed by atoms with Gasteiger partial charge in [0.15, 0.2) is 0 Å². The number of carbonyl (C=O) groups is 3. The lowest BCUT2D eigenvalue weighted by Crippen LogP contribution is -2.67. The van der Waals surface area contributed by atoms with Gasteiger partial charge >= 0.3 is 17.9 Å². The Morgan fingerprint density at radius 3 is 2.11 bits per heavy atom. The van der Waals surface area contributed by atoms with Crippen LogP contribution in [-0.4, -0.2) is 37.7 Å². The predicted molar refractivity (Wildman–Crippen MR) is 183 cm³/mol. The second-order valence-electron chi connectivity index (χ2n) is 17.6. The Morgan fingerprint density at radius 2 is 1.47 bits per heavy atom. The van der Waals surface area contributed by atoms with Gasteiger partial charge in [0.2, 0.25) is 0 Å². The van der Waals surface area contributed by atoms with Gasteiger partial charge in [-0.25, -0.2) is 9.59 Å². The maximum Gasteiger partial charge on any atom is 0.339 e. The van der Waals surface area contributed by atoms with Crippen LogP contribution < -0.4 is 0 Å². The van der Waals surface area contributed by atoms with E-state index in [0.29, 0.717) is 36.2 Å². The summed E-state index contributed by atoms with van der Waals surface area (Å²) in [6, 6.07) is 6.79. The maximum absolute atomic E-state index is 13.5. The van der Waals surface area contributed by atoms with Crippen LogP contribution in [0.4, 0.5) is 0 Å². The summed E-state index contributed by atoms with van der Waals surface area (Å²) >= 11 is 0. The van der Waals surface area contributed by atoms with E-state index in [0.717, 1.165) is 38.5 Å². The van der Waals surface area contributed by atoms with Gasteiger partial charge < -0.3 is 14.2 Å². The Morgan fingerprint density at radius 1 is 0.787 bits per heavy atom. The quantitative estimate of drug-likeness (QED) is 0.174. The molecule has 0 heterocycles. The Kier molecular flexibility index (Phi) is 8.57. The molecule has 5 aliphatic rings. The fourth-order valence-corrected chi connectivity index (χ4v) is 13.2. The van der Waals surface area contributed by atoms with Crippen LogP contribution in [0.1, 0.15) is 133 Å². The first kappa shape index (κ1) is 34.2. The highest BCUT2D eigenvalue weighted by Crippen LogP contribution is 2.77. The number of ether oxygens (including phenoxy) is 3. The fraction of sp³-hybridized carbons (Fsp3) is 0.732. The predicted octanol–water partition coefficient (Wildman–Crippen LogP) is 9.22. The summed E-state index contributed by atoms with van der Waals surface area (Å²) in [5.41, 5.74) is 2.23. The molecule has 0 spiro atoms. The molecule has 6 nitrogen and oxygen atoms in total. The Labute approximate surface area is 282 Å². The minimum Gasteiger partial charge on any atom is -0.465 e. The van der Waals surface area contributed by atoms with Gasteiger partial charge in [-0.3, -0.25) is 4.79 Å². The van der Waals surface area contributed by atoms with Gasteiger partial charge in [-0.2, -0.15) is 0 Å². The zero-order valence-electron chi connectivity index (χ0n) is 30.2. The average molecular weight is 647 g/mol. The van der Waals surface area contributed by atoms with Crippen LogP contribution in [0.5, 0.6) is 0 Å². The standard InChI is InChI=1S/C41H58O6/c1-25(2)27-16-21-41(24-46-36(44)29-13-11-10-12-28(29)35(43)45-9)23-22-39(7)30(34(27)41)14-15-32-38(6)19-18-33(47-26(3)42)37(4,5)31(38)17-20-40(32,39)8/h10-13,27,30-34H,1,14-24H2,2-9H3/t27-,30-,31+,32+,33+,34+,38-,39-,40-,41-/m1/s1. The number of benzene rings is 1. The molecular formula is C41H58O6. The molecule has 0 bridgehead atoms. The van der Waals surface area contributed by atoms with Crippen molar-refractivity contribution in [3.63, 3.8) is 0 Å². The lowest BCUT2D eigenvalue weighted by molar-refractivity contribution is -0.251. The van der Waals surface area contributed by atoms with Crippen LogP contribution in [-0.2, 0) is 19.0 Å². The molecule has 1 aromatic carbocycles. The van der Waals surface area contributed by atoms with E-state index in [1.807, 2.05) is 0 Å². The molecule has 47 heavy (non-hydrogen) atoms. The monoisotopic (exact) mass is 646 g/mol. The van der Waals surface area contributed by atoms with Crippen LogP contribution in [0.2, 0.25) is 0 Å². The average Bonchev–Trinajstić information content (AvgIpc) is 3.41. The lowest BCUT2D eigenvalue weighted by atomic mass is 9.32. The van der Waals surface area contributed by atoms with E-state index < -0.39 is 11.9 Å². The van der Waals surface area contributed by atoms with E-state index in [2.05, 4.69) is 48.1 Å². The smallest absolute Gasteiger partial charge is 0.339 e. The third-order valence-corrected chi connectivity index (χ3v) is 15.5. The number of rotatable bonds is 6. The zero-order chi connectivity index (χ0) is 34.2. The molecule has 0 N–H and O–H groups in total. The second kappa shape index (κ2) is 11.8. The van der Waals surface area contributed by atoms with Crippen molar-refractivity contribution in [1.82, 2.24) is 0 Å². The van der Waals surface area contributed by atoms with Gasteiger partial charge in [-0.1, -0.05) is 58.9 Å². The first-order chi connectivity index (χ1) is 22.1. The summed E-state index contributed by atoms with van der Waals surface area (Å²) < 4.78 is 17.1. The molecule has 0 radical (unpaired) electrons. The highest BCUT2D eigenvalue weighted by Gasteiger charge is 2.71. The number of carbonyl (C=O) groups excluding carboxylic acids is 3. The minimum absolute atomic E-state index is 0.0123. The largest absolute Gasteiger partial charge is 0.465 e. The van der Waals surface area contributed by atoms with Crippen LogP contribution in [0.15, 0.2) is 36.4 Å². The Balaban J connectivity index is 1.29. The van der Waals surface area contributed by atoms with Crippen molar-refractivity contribution in [3.8, 4) is 0 Å². The van der Waals surface area contributed by atoms with Crippen molar-refractivity contribution in [1.29, 1.82) is 0 Å². The lowest BCUT2D eigenvalue weighted by Gasteiger charge is -2.73. The molecule has 10 atom stereocenters. The summed E-state index contributed by atoms with van der Waals surface area (Å²) in [5, 5.41) is 0. The van der Waals surface area contributed by atoms with Crippen molar-refractivity contribution < 1.29 is 28.6 Å². The van der Waals surface area contributed by atoms with Gasteiger partial charge in [0.25, 0.3) is 0 Å². The van der Waals surface area contributed by atoms with Crippen molar-refractivity contribution in [2.75, 3.05) is 13.7 Å². The zero-order valence-corrected chi connectivity index (χ0v) is 30.2. The molecule has 0 aromatic heterocycles. The summed E-state index contributed by atoms with van der Waals surface area (Å²) in [7, 11) is 1.33. The number of fused-ring (bicyclic) bond motifs is 7. The topological polar surface area (TPSA) is 78.9 Å². The van der Waals surface area contributed by atoms with Gasteiger partial charge in [0, 0.05) is 17.8 Å². The summed E-state index contributed by atoms with van der Waals surface area (Å²) in [6.07, 6.45) is 11.2. The molecule has 5 aliphatic carbocycles. The Hall–Kier alpha value is -2.63. The minimum atomic E-state index is -0.526. The van der Waals surface area contributed by atoms with E-state index in [9.17, 15) is 14.4 Å². The second-order valence-corrected chi connectivity index (χ2v) is 17.6. The van der Waals surface area contributed by atoms with E-state index in [4.69, 9.17) is 14.2 Å². The molecule has 1 aromatic rings. The fourth-order valence-electron chi connectivity index (χ4n) is 13.2. The molecule has 258 valence electrons. The highest BCUT2D eigenvalue weighted by molar-refractivity contribution is 6.03. The van der Waals surface area contributed by atoms with Crippen LogP contribution in [0.3, 0.4) is 0 Å². The summed E-state index contributed by atoms with van der Waals surface area (Å²) in [6.45, 7) is 21.2. The Bertz CT molecular complexity index is 1440. The first-order valence-electron chi connectivity index (χ1n) is 18.2. The van der Waals surface area contributed by atoms with Crippen LogP contribution in [0, 0.1) is 56.7 Å². The molecule has 0 unspecified atom stereocenters. The normalized spacial score (nSPS) is 41.7. The SMILES string of the molecule is C=C(C)[C@H]1CC[C@]2(COC(=O)c3ccccc3C(=O)OC)CC[C@]3(C)[C@H](CC[C@H]4[C@]5(C)CC[C@H](OC(C)=O)C(C)(C)[C@@H]5CC[C@]43C)[C@H]12. The molecule has 5 fully saturated rings. The van der Waals surface area contributed by atoms with Gasteiger partial charge in [-0.15, -0.1) is 0 Å². The molecule has 0 amide bonds. The number of hydrogen-bond acceptors (Lipinski definition) is 6. The molecule has 6 heteroatoms. The third kappa shape index (κ3) is 5.04. The van der Waals surface area contributed by atoms with Crippen LogP contribution in [0.25, 0.3) is 0 Å². The number of esters is 3. The van der Waals surface area contributed by atoms with Gasteiger partial charge in [0.1, 0.15) is 6.10 Å². The van der Waals surface area contributed by atoms with Crippen molar-refractivity contribution in [2.45, 2.75) is 119 Å². The van der Waals surface area contributed by atoms with Crippen LogP contribution >= 0.6 is 0 Å². The maximum atomic E-state index is 13.5. The van der Waals surface area contributed by atoms with Crippen molar-refractivity contribution in [3.05, 3.63) is 47.5 Å². The van der Waals surface area contributed by atoms with Crippen molar-refractivity contribution in [2.24, 2.45) is 56.7 Å². The molecular weight excluding hydrogens is 588 g/mol. The van der Waals surface area contributed by atoms with E-state index >= 15 is 0 Å². The van der Waals surface area contributed by atoms with E-state index in [-0.39, 0.29) is 50.3 Å². The number of allylic oxidation sites excluding steroid dienone is 1. The first-order valence-corrected chi connectivity index (χ1v) is 18.2. The summed E-state index contributed by atoms with van der Waals surface area (Å²) in [4.78, 5) is 38.0. The van der Waals surface area contributed by atoms with Crippen molar-refractivity contribution >= 4 is 17.9 Å². The van der Waals surface area contributed by atoms with E-state index in [1.54, 1.807) is 31.2 Å². The highest BCUT2D eigenvalue weighted by atomic mass is 16.5. The van der Waals surface area contributed by atoms with Gasteiger partial charge in [-0.05, 0) is 129 Å². The number of hydrogen-bond donors (Lipinski definition) is 0. The number of methoxy groups -OCH3 is 1. The summed E-state index contributed by atoms with van der Waals surface area (Å²) in [5.74, 6) is 1.39. The molecule has 5 saturated carbocycles. The molecule has 6 rings (SSSR count). The molecule has 0 aliphatic heterocycles.